The summed E-state index contributed by atoms with van der Waals surface area (Å²) >= 11 is 0. The molecule has 0 atom stereocenters. The third-order valence-corrected chi connectivity index (χ3v) is 3.07. The highest BCUT2D eigenvalue weighted by molar-refractivity contribution is 5.27. The van der Waals surface area contributed by atoms with Crippen LogP contribution in [0.5, 0.6) is 0 Å². The van der Waals surface area contributed by atoms with Crippen molar-refractivity contribution < 1.29 is 8.78 Å². The highest BCUT2D eigenvalue weighted by Gasteiger charge is 2.35. The SMILES string of the molecule is [N-]=[N+]=NC1(c2cc(F)cc(F)c2)CCCC1. The van der Waals surface area contributed by atoms with Crippen LogP contribution in [0.25, 0.3) is 10.4 Å². The summed E-state index contributed by atoms with van der Waals surface area (Å²) in [5, 5.41) is 3.75. The lowest BCUT2D eigenvalue weighted by Crippen LogP contribution is -2.18. The fourth-order valence-electron chi connectivity index (χ4n) is 2.31. The molecular formula is C11H11F2N3. The third-order valence-electron chi connectivity index (χ3n) is 3.07. The molecule has 84 valence electrons. The van der Waals surface area contributed by atoms with Crippen LogP contribution in [0, 0.1) is 11.6 Å². The molecule has 0 heterocycles. The quantitative estimate of drug-likeness (QED) is 0.412. The Balaban J connectivity index is 2.50. The van der Waals surface area contributed by atoms with Crippen molar-refractivity contribution in [3.05, 3.63) is 45.8 Å². The molecule has 1 aliphatic carbocycles. The number of halogens is 2. The van der Waals surface area contributed by atoms with Gasteiger partial charge in [0.05, 0.1) is 5.54 Å². The average molecular weight is 223 g/mol. The summed E-state index contributed by atoms with van der Waals surface area (Å²) in [6, 6.07) is 3.33. The molecule has 0 bridgehead atoms. The Labute approximate surface area is 91.7 Å². The van der Waals surface area contributed by atoms with Gasteiger partial charge in [0.2, 0.25) is 0 Å². The van der Waals surface area contributed by atoms with Crippen LogP contribution in [-0.2, 0) is 5.54 Å². The largest absolute Gasteiger partial charge is 0.207 e. The maximum absolute atomic E-state index is 13.1. The summed E-state index contributed by atoms with van der Waals surface area (Å²) < 4.78 is 26.2. The molecule has 0 saturated heterocycles. The number of rotatable bonds is 2. The Morgan fingerprint density at radius 1 is 1.12 bits per heavy atom. The van der Waals surface area contributed by atoms with Gasteiger partial charge >= 0.3 is 0 Å². The van der Waals surface area contributed by atoms with Crippen molar-refractivity contribution in [2.24, 2.45) is 5.11 Å². The second kappa shape index (κ2) is 4.10. The van der Waals surface area contributed by atoms with Crippen molar-refractivity contribution in [3.8, 4) is 0 Å². The molecule has 16 heavy (non-hydrogen) atoms. The first-order valence-electron chi connectivity index (χ1n) is 5.19. The van der Waals surface area contributed by atoms with E-state index in [1.807, 2.05) is 0 Å². The fourth-order valence-corrected chi connectivity index (χ4v) is 2.31. The van der Waals surface area contributed by atoms with E-state index in [0.717, 1.165) is 18.9 Å². The summed E-state index contributed by atoms with van der Waals surface area (Å²) in [6.07, 6.45) is 3.13. The molecule has 5 heteroatoms. The minimum absolute atomic E-state index is 0.445. The summed E-state index contributed by atoms with van der Waals surface area (Å²) in [5.41, 5.74) is 8.26. The first kappa shape index (κ1) is 10.9. The molecule has 1 aromatic rings. The first-order chi connectivity index (χ1) is 7.66. The van der Waals surface area contributed by atoms with Crippen molar-refractivity contribution >= 4 is 0 Å². The van der Waals surface area contributed by atoms with Crippen LogP contribution in [0.3, 0.4) is 0 Å². The molecular weight excluding hydrogens is 212 g/mol. The standard InChI is InChI=1S/C11H11F2N3/c12-9-5-8(6-10(13)7-9)11(15-16-14)3-1-2-4-11/h5-7H,1-4H2. The first-order valence-corrected chi connectivity index (χ1v) is 5.19. The van der Waals surface area contributed by atoms with E-state index in [-0.39, 0.29) is 0 Å². The molecule has 1 fully saturated rings. The zero-order chi connectivity index (χ0) is 11.6. The number of benzene rings is 1. The van der Waals surface area contributed by atoms with Gasteiger partial charge in [0, 0.05) is 11.0 Å². The van der Waals surface area contributed by atoms with Gasteiger partial charge in [-0.1, -0.05) is 18.0 Å². The lowest BCUT2D eigenvalue weighted by molar-refractivity contribution is 0.450. The third kappa shape index (κ3) is 1.86. The molecule has 1 aliphatic rings. The molecule has 1 aromatic carbocycles. The summed E-state index contributed by atoms with van der Waals surface area (Å²) in [7, 11) is 0. The van der Waals surface area contributed by atoms with Gasteiger partial charge in [-0.05, 0) is 36.1 Å². The minimum Gasteiger partial charge on any atom is -0.207 e. The summed E-state index contributed by atoms with van der Waals surface area (Å²) in [6.45, 7) is 0. The van der Waals surface area contributed by atoms with Gasteiger partial charge in [-0.15, -0.1) is 0 Å². The van der Waals surface area contributed by atoms with Crippen molar-refractivity contribution in [3.63, 3.8) is 0 Å². The van der Waals surface area contributed by atoms with E-state index >= 15 is 0 Å². The number of azide groups is 1. The van der Waals surface area contributed by atoms with Crippen molar-refractivity contribution in [2.75, 3.05) is 0 Å². The number of hydrogen-bond acceptors (Lipinski definition) is 1. The monoisotopic (exact) mass is 223 g/mol. The van der Waals surface area contributed by atoms with Gasteiger partial charge in [0.15, 0.2) is 0 Å². The van der Waals surface area contributed by atoms with Crippen LogP contribution in [0.2, 0.25) is 0 Å². The molecule has 0 aliphatic heterocycles. The maximum atomic E-state index is 13.1. The van der Waals surface area contributed by atoms with E-state index in [2.05, 4.69) is 10.0 Å². The van der Waals surface area contributed by atoms with Crippen LogP contribution >= 0.6 is 0 Å². The lowest BCUT2D eigenvalue weighted by Gasteiger charge is -2.23. The Kier molecular flexibility index (Phi) is 2.79. The van der Waals surface area contributed by atoms with Crippen LogP contribution in [0.4, 0.5) is 8.78 Å². The molecule has 0 spiro atoms. The normalized spacial score (nSPS) is 18.1. The number of hydrogen-bond donors (Lipinski definition) is 0. The molecule has 1 saturated carbocycles. The molecule has 0 aromatic heterocycles. The fraction of sp³-hybridized carbons (Fsp3) is 0.455. The van der Waals surface area contributed by atoms with Gasteiger partial charge in [0.1, 0.15) is 11.6 Å². The summed E-state index contributed by atoms with van der Waals surface area (Å²) in [5.74, 6) is -1.26. The second-order valence-corrected chi connectivity index (χ2v) is 4.09. The highest BCUT2D eigenvalue weighted by Crippen LogP contribution is 2.42. The van der Waals surface area contributed by atoms with E-state index in [1.165, 1.54) is 12.1 Å². The average Bonchev–Trinajstić information content (AvgIpc) is 2.66. The van der Waals surface area contributed by atoms with E-state index in [4.69, 9.17) is 5.53 Å². The smallest absolute Gasteiger partial charge is 0.126 e. The summed E-state index contributed by atoms with van der Waals surface area (Å²) in [4.78, 5) is 2.81. The molecule has 0 unspecified atom stereocenters. The predicted molar refractivity (Wildman–Crippen MR) is 55.7 cm³/mol. The Morgan fingerprint density at radius 2 is 1.69 bits per heavy atom. The zero-order valence-corrected chi connectivity index (χ0v) is 8.66. The van der Waals surface area contributed by atoms with Crippen LogP contribution in [0.1, 0.15) is 31.2 Å². The van der Waals surface area contributed by atoms with E-state index in [0.29, 0.717) is 18.4 Å². The number of nitrogens with zero attached hydrogens (tertiary/aromatic N) is 3. The zero-order valence-electron chi connectivity index (χ0n) is 8.66. The van der Waals surface area contributed by atoms with Gasteiger partial charge in [-0.3, -0.25) is 0 Å². The van der Waals surface area contributed by atoms with E-state index in [9.17, 15) is 8.78 Å². The maximum Gasteiger partial charge on any atom is 0.126 e. The highest BCUT2D eigenvalue weighted by atomic mass is 19.1. The van der Waals surface area contributed by atoms with Gasteiger partial charge in [0.25, 0.3) is 0 Å². The van der Waals surface area contributed by atoms with Gasteiger partial charge < -0.3 is 0 Å². The van der Waals surface area contributed by atoms with Crippen molar-refractivity contribution in [2.45, 2.75) is 31.2 Å². The Morgan fingerprint density at radius 3 is 2.19 bits per heavy atom. The van der Waals surface area contributed by atoms with Crippen molar-refractivity contribution in [1.82, 2.24) is 0 Å². The lowest BCUT2D eigenvalue weighted by atomic mass is 9.89. The van der Waals surface area contributed by atoms with Crippen molar-refractivity contribution in [1.29, 1.82) is 0 Å². The second-order valence-electron chi connectivity index (χ2n) is 4.09. The van der Waals surface area contributed by atoms with Crippen LogP contribution in [0.15, 0.2) is 23.3 Å². The molecule has 0 radical (unpaired) electrons. The van der Waals surface area contributed by atoms with Gasteiger partial charge in [-0.25, -0.2) is 8.78 Å². The van der Waals surface area contributed by atoms with Crippen LogP contribution < -0.4 is 0 Å². The van der Waals surface area contributed by atoms with Crippen LogP contribution in [-0.4, -0.2) is 0 Å². The predicted octanol–water partition coefficient (Wildman–Crippen LogP) is 4.04. The Hall–Kier alpha value is -1.61. The molecule has 0 amide bonds. The van der Waals surface area contributed by atoms with Gasteiger partial charge in [-0.2, -0.15) is 0 Å². The molecule has 0 N–H and O–H groups in total. The molecule has 2 rings (SSSR count). The minimum atomic E-state index is -0.752. The van der Waals surface area contributed by atoms with E-state index in [1.54, 1.807) is 0 Å². The van der Waals surface area contributed by atoms with E-state index < -0.39 is 17.2 Å². The molecule has 3 nitrogen and oxygen atoms in total. The Bertz CT molecular complexity index is 426. The topological polar surface area (TPSA) is 48.8 Å².